The van der Waals surface area contributed by atoms with Gasteiger partial charge in [-0.1, -0.05) is 20.8 Å². The highest BCUT2D eigenvalue weighted by Crippen LogP contribution is 2.32. The van der Waals surface area contributed by atoms with Crippen LogP contribution in [0.15, 0.2) is 23.0 Å². The fraction of sp³-hybridized carbons (Fsp3) is 0.429. The molecule has 0 atom stereocenters. The van der Waals surface area contributed by atoms with Gasteiger partial charge in [0.1, 0.15) is 11.6 Å². The van der Waals surface area contributed by atoms with Gasteiger partial charge in [0.05, 0.1) is 30.1 Å². The predicted octanol–water partition coefficient (Wildman–Crippen LogP) is 2.83. The molecule has 29 heavy (non-hydrogen) atoms. The van der Waals surface area contributed by atoms with Crippen molar-refractivity contribution >= 4 is 17.9 Å². The van der Waals surface area contributed by atoms with Crippen LogP contribution < -0.4 is 15.4 Å². The summed E-state index contributed by atoms with van der Waals surface area (Å²) in [6, 6.07) is 5.17. The summed E-state index contributed by atoms with van der Waals surface area (Å²) in [5, 5.41) is 1.29. The van der Waals surface area contributed by atoms with E-state index in [2.05, 4.69) is 9.97 Å². The largest absolute Gasteiger partial charge is 0.493 e. The lowest BCUT2D eigenvalue weighted by Crippen LogP contribution is -2.27. The Balaban J connectivity index is 2.60. The Morgan fingerprint density at radius 3 is 2.55 bits per heavy atom. The molecule has 0 bridgehead atoms. The Hall–Kier alpha value is -3.16. The molecule has 156 valence electrons. The number of ether oxygens (including phenoxy) is 1. The predicted molar refractivity (Wildman–Crippen MR) is 110 cm³/mol. The van der Waals surface area contributed by atoms with Crippen LogP contribution in [0.5, 0.6) is 5.75 Å². The van der Waals surface area contributed by atoms with Crippen molar-refractivity contribution in [2.75, 3.05) is 18.2 Å². The Labute approximate surface area is 169 Å². The molecule has 8 nitrogen and oxygen atoms in total. The topological polar surface area (TPSA) is 102 Å². The molecule has 0 spiro atoms. The zero-order chi connectivity index (χ0) is 21.4. The number of aromatic nitrogens is 2. The zero-order valence-corrected chi connectivity index (χ0v) is 17.3. The first kappa shape index (κ1) is 22.1. The van der Waals surface area contributed by atoms with Gasteiger partial charge in [-0.2, -0.15) is 0 Å². The third-order valence-electron chi connectivity index (χ3n) is 4.34. The molecule has 0 radical (unpaired) electrons. The maximum atomic E-state index is 12.6. The van der Waals surface area contributed by atoms with Gasteiger partial charge in [0.25, 0.3) is 5.56 Å². The molecule has 0 amide bonds. The molecule has 1 aromatic carbocycles. The van der Waals surface area contributed by atoms with E-state index in [-0.39, 0.29) is 11.8 Å². The summed E-state index contributed by atoms with van der Waals surface area (Å²) in [5.41, 5.74) is 2.32. The van der Waals surface area contributed by atoms with E-state index in [1.807, 2.05) is 20.8 Å². The number of hydroxylamine groups is 1. The van der Waals surface area contributed by atoms with Crippen molar-refractivity contribution in [2.24, 2.45) is 0 Å². The number of nitrogens with one attached hydrogen (secondary N) is 1. The molecule has 1 aromatic heterocycles. The number of hydrogen-bond donors (Lipinski definition) is 1. The van der Waals surface area contributed by atoms with E-state index >= 15 is 0 Å². The lowest BCUT2D eigenvalue weighted by Gasteiger charge is -2.22. The molecule has 2 aromatic rings. The maximum absolute atomic E-state index is 12.6. The van der Waals surface area contributed by atoms with Gasteiger partial charge in [-0.15, -0.1) is 0 Å². The first-order valence-corrected chi connectivity index (χ1v) is 9.82. The molecular formula is C21H27N3O5. The monoisotopic (exact) mass is 401 g/mol. The van der Waals surface area contributed by atoms with E-state index in [1.165, 1.54) is 5.06 Å². The molecule has 8 heteroatoms. The number of aryl methyl sites for hydroxylation is 1. The lowest BCUT2D eigenvalue weighted by molar-refractivity contribution is -0.149. The normalized spacial score (nSPS) is 10.5. The van der Waals surface area contributed by atoms with Crippen LogP contribution >= 0.6 is 0 Å². The van der Waals surface area contributed by atoms with Crippen molar-refractivity contribution in [1.82, 2.24) is 9.97 Å². The average molecular weight is 401 g/mol. The van der Waals surface area contributed by atoms with Gasteiger partial charge < -0.3 is 14.6 Å². The second-order valence-corrected chi connectivity index (χ2v) is 6.30. The van der Waals surface area contributed by atoms with E-state index in [1.54, 1.807) is 25.1 Å². The number of rotatable bonds is 10. The quantitative estimate of drug-likeness (QED) is 0.371. The van der Waals surface area contributed by atoms with Crippen LogP contribution in [0, 0.1) is 0 Å². The maximum Gasteiger partial charge on any atom is 0.395 e. The summed E-state index contributed by atoms with van der Waals surface area (Å²) >= 11 is 0. The number of carbonyl (C=O) groups is 2. The highest BCUT2D eigenvalue weighted by molar-refractivity contribution is 6.20. The molecule has 2 rings (SSSR count). The fourth-order valence-electron chi connectivity index (χ4n) is 2.96. The van der Waals surface area contributed by atoms with Gasteiger partial charge in [0, 0.05) is 5.56 Å². The summed E-state index contributed by atoms with van der Waals surface area (Å²) in [6.45, 7) is 8.48. The van der Waals surface area contributed by atoms with E-state index < -0.39 is 5.97 Å². The Morgan fingerprint density at radius 2 is 1.97 bits per heavy atom. The summed E-state index contributed by atoms with van der Waals surface area (Å²) in [7, 11) is 0. The van der Waals surface area contributed by atoms with Gasteiger partial charge in [-0.05, 0) is 44.4 Å². The highest BCUT2D eigenvalue weighted by atomic mass is 16.7. The smallest absolute Gasteiger partial charge is 0.395 e. The second-order valence-electron chi connectivity index (χ2n) is 6.30. The van der Waals surface area contributed by atoms with Crippen LogP contribution in [0.2, 0.25) is 0 Å². The lowest BCUT2D eigenvalue weighted by atomic mass is 10.1. The SMILES string of the molecule is CCCOc1ccc(N(CC)OC(=O)C=O)cc1-c1nc(CC)c(CC)c(=O)[nH]1. The molecule has 0 aliphatic rings. The van der Waals surface area contributed by atoms with E-state index in [0.717, 1.165) is 12.1 Å². The van der Waals surface area contributed by atoms with Crippen LogP contribution in [-0.4, -0.2) is 35.4 Å². The van der Waals surface area contributed by atoms with Crippen molar-refractivity contribution in [2.45, 2.75) is 47.0 Å². The number of carbonyl (C=O) groups excluding carboxylic acids is 2. The number of hydrogen-bond acceptors (Lipinski definition) is 7. The van der Waals surface area contributed by atoms with E-state index in [4.69, 9.17) is 9.57 Å². The molecule has 0 fully saturated rings. The minimum atomic E-state index is -0.994. The van der Waals surface area contributed by atoms with E-state index in [9.17, 15) is 14.4 Å². The number of anilines is 1. The third-order valence-corrected chi connectivity index (χ3v) is 4.34. The minimum absolute atomic E-state index is 0.109. The van der Waals surface area contributed by atoms with Crippen LogP contribution in [-0.2, 0) is 27.3 Å². The standard InChI is InChI=1S/C21H27N3O5/c1-5-11-28-18-10-9-14(24(8-4)29-19(26)13-25)12-16(18)20-22-17(7-3)15(6-2)21(27)23-20/h9-10,12-13H,5-8,11H2,1-4H3,(H,22,23,27). The van der Waals surface area contributed by atoms with Crippen molar-refractivity contribution < 1.29 is 19.2 Å². The number of benzene rings is 1. The number of H-pyrrole nitrogens is 1. The van der Waals surface area contributed by atoms with Crippen molar-refractivity contribution in [3.63, 3.8) is 0 Å². The molecule has 1 heterocycles. The molecule has 1 N–H and O–H groups in total. The summed E-state index contributed by atoms with van der Waals surface area (Å²) in [6.07, 6.45) is 2.15. The second kappa shape index (κ2) is 10.4. The van der Waals surface area contributed by atoms with Crippen LogP contribution in [0.1, 0.15) is 45.4 Å². The van der Waals surface area contributed by atoms with Crippen LogP contribution in [0.25, 0.3) is 11.4 Å². The van der Waals surface area contributed by atoms with Gasteiger partial charge in [-0.25, -0.2) is 14.8 Å². The molecule has 0 saturated heterocycles. The van der Waals surface area contributed by atoms with Gasteiger partial charge in [0.2, 0.25) is 6.29 Å². The first-order valence-electron chi connectivity index (χ1n) is 9.82. The van der Waals surface area contributed by atoms with Crippen molar-refractivity contribution in [3.05, 3.63) is 39.8 Å². The van der Waals surface area contributed by atoms with Gasteiger partial charge >= 0.3 is 5.97 Å². The third kappa shape index (κ3) is 5.22. The minimum Gasteiger partial charge on any atom is -0.493 e. The molecule has 0 aliphatic carbocycles. The van der Waals surface area contributed by atoms with Crippen LogP contribution in [0.4, 0.5) is 5.69 Å². The van der Waals surface area contributed by atoms with Gasteiger partial charge in [0.15, 0.2) is 0 Å². The first-order chi connectivity index (χ1) is 14.0. The molecular weight excluding hydrogens is 374 g/mol. The zero-order valence-electron chi connectivity index (χ0n) is 17.3. The van der Waals surface area contributed by atoms with Crippen molar-refractivity contribution in [3.8, 4) is 17.1 Å². The average Bonchev–Trinajstić information content (AvgIpc) is 2.75. The molecule has 0 saturated carbocycles. The summed E-state index contributed by atoms with van der Waals surface area (Å²) in [5.74, 6) is -0.0515. The summed E-state index contributed by atoms with van der Waals surface area (Å²) < 4.78 is 5.84. The summed E-state index contributed by atoms with van der Waals surface area (Å²) in [4.78, 5) is 47.1. The Morgan fingerprint density at radius 1 is 1.21 bits per heavy atom. The fourth-order valence-corrected chi connectivity index (χ4v) is 2.96. The Bertz CT molecular complexity index is 923. The number of aromatic amines is 1. The highest BCUT2D eigenvalue weighted by Gasteiger charge is 2.18. The van der Waals surface area contributed by atoms with E-state index in [0.29, 0.717) is 54.4 Å². The van der Waals surface area contributed by atoms with Crippen LogP contribution in [0.3, 0.4) is 0 Å². The molecule has 0 aliphatic heterocycles. The molecule has 0 unspecified atom stereocenters. The van der Waals surface area contributed by atoms with Crippen molar-refractivity contribution in [1.29, 1.82) is 0 Å². The van der Waals surface area contributed by atoms with Gasteiger partial charge in [-0.3, -0.25) is 9.59 Å². The number of aldehydes is 1. The Kier molecular flexibility index (Phi) is 7.94. The number of nitrogens with zero attached hydrogens (tertiary/aromatic N) is 2.